The van der Waals surface area contributed by atoms with Crippen LogP contribution in [0.3, 0.4) is 0 Å². The summed E-state index contributed by atoms with van der Waals surface area (Å²) >= 11 is 0. The molecule has 0 aliphatic carbocycles. The number of hydrogen-bond donors (Lipinski definition) is 0. The quantitative estimate of drug-likeness (QED) is 0.677. The molecule has 0 fully saturated rings. The van der Waals surface area contributed by atoms with Gasteiger partial charge < -0.3 is 0 Å². The third kappa shape index (κ3) is 3.68. The predicted molar refractivity (Wildman–Crippen MR) is 85.1 cm³/mol. The van der Waals surface area contributed by atoms with Crippen LogP contribution in [0.1, 0.15) is 18.1 Å². The van der Waals surface area contributed by atoms with Crippen molar-refractivity contribution in [2.75, 3.05) is 12.8 Å². The average Bonchev–Trinajstić information content (AvgIpc) is 2.41. The van der Waals surface area contributed by atoms with Crippen molar-refractivity contribution in [1.82, 2.24) is 0 Å². The standard InChI is InChI=1S/C17H23P/c1-3-18(2,14-16-10-6-4-7-11-16)15-17-12-8-5-9-13-17/h4-13,18H,3,14-15H2,1-2H3. The molecule has 0 aromatic heterocycles. The first kappa shape index (κ1) is 13.3. The Morgan fingerprint density at radius 3 is 1.44 bits per heavy atom. The summed E-state index contributed by atoms with van der Waals surface area (Å²) in [6.45, 7) is 4.89. The monoisotopic (exact) mass is 258 g/mol. The van der Waals surface area contributed by atoms with Gasteiger partial charge in [-0.2, -0.15) is 0 Å². The van der Waals surface area contributed by atoms with Crippen molar-refractivity contribution in [2.24, 2.45) is 0 Å². The van der Waals surface area contributed by atoms with Gasteiger partial charge in [0.1, 0.15) is 0 Å². The van der Waals surface area contributed by atoms with Crippen molar-refractivity contribution in [3.8, 4) is 0 Å². The van der Waals surface area contributed by atoms with E-state index >= 15 is 0 Å². The summed E-state index contributed by atoms with van der Waals surface area (Å²) in [5.41, 5.74) is 3.01. The van der Waals surface area contributed by atoms with E-state index in [4.69, 9.17) is 0 Å². The summed E-state index contributed by atoms with van der Waals surface area (Å²) in [6.07, 6.45) is 3.93. The second-order valence-electron chi connectivity index (χ2n) is 5.49. The summed E-state index contributed by atoms with van der Waals surface area (Å²) in [4.78, 5) is 0. The molecule has 2 rings (SSSR count). The predicted octanol–water partition coefficient (Wildman–Crippen LogP) is 4.79. The van der Waals surface area contributed by atoms with Crippen molar-refractivity contribution < 1.29 is 0 Å². The Bertz CT molecular complexity index is 420. The van der Waals surface area contributed by atoms with Gasteiger partial charge in [-0.05, 0) is 0 Å². The van der Waals surface area contributed by atoms with Gasteiger partial charge >= 0.3 is 111 Å². The topological polar surface area (TPSA) is 0 Å². The second kappa shape index (κ2) is 6.16. The van der Waals surface area contributed by atoms with E-state index in [1.54, 1.807) is 0 Å². The molecular formula is C17H23P. The van der Waals surface area contributed by atoms with Gasteiger partial charge in [-0.15, -0.1) is 0 Å². The Morgan fingerprint density at radius 1 is 0.722 bits per heavy atom. The Labute approximate surface area is 111 Å². The molecule has 0 aliphatic heterocycles. The molecule has 96 valence electrons. The second-order valence-corrected chi connectivity index (χ2v) is 10.5. The minimum absolute atomic E-state index is 1.21. The van der Waals surface area contributed by atoms with E-state index in [0.717, 1.165) is 0 Å². The Balaban J connectivity index is 2.11. The van der Waals surface area contributed by atoms with E-state index < -0.39 is 7.26 Å². The van der Waals surface area contributed by atoms with Crippen LogP contribution in [0.5, 0.6) is 0 Å². The van der Waals surface area contributed by atoms with Gasteiger partial charge in [0.05, 0.1) is 0 Å². The molecule has 0 saturated carbocycles. The molecule has 0 spiro atoms. The molecule has 0 N–H and O–H groups in total. The van der Waals surface area contributed by atoms with Crippen LogP contribution in [0.4, 0.5) is 0 Å². The molecule has 0 radical (unpaired) electrons. The van der Waals surface area contributed by atoms with Crippen LogP contribution in [0.2, 0.25) is 0 Å². The van der Waals surface area contributed by atoms with Crippen molar-refractivity contribution in [2.45, 2.75) is 19.2 Å². The summed E-state index contributed by atoms with van der Waals surface area (Å²) < 4.78 is 0. The number of benzene rings is 2. The molecule has 0 aliphatic rings. The van der Waals surface area contributed by atoms with Crippen LogP contribution in [-0.4, -0.2) is 12.8 Å². The SMILES string of the molecule is CC[PH](C)(Cc1ccccc1)Cc1ccccc1. The fourth-order valence-corrected chi connectivity index (χ4v) is 5.56. The van der Waals surface area contributed by atoms with Crippen LogP contribution in [-0.2, 0) is 12.3 Å². The maximum absolute atomic E-state index is 2.53. The van der Waals surface area contributed by atoms with Crippen LogP contribution in [0, 0.1) is 0 Å². The Hall–Kier alpha value is -1.13. The zero-order valence-electron chi connectivity index (χ0n) is 11.4. The molecule has 0 heterocycles. The summed E-state index contributed by atoms with van der Waals surface area (Å²) in [5.74, 6) is 0. The van der Waals surface area contributed by atoms with Gasteiger partial charge in [0, 0.05) is 0 Å². The molecule has 2 aromatic rings. The molecule has 0 unspecified atom stereocenters. The molecule has 0 saturated heterocycles. The van der Waals surface area contributed by atoms with Gasteiger partial charge in [0.25, 0.3) is 0 Å². The third-order valence-electron chi connectivity index (χ3n) is 3.80. The van der Waals surface area contributed by atoms with E-state index in [1.165, 1.54) is 29.6 Å². The van der Waals surface area contributed by atoms with E-state index in [0.29, 0.717) is 0 Å². The van der Waals surface area contributed by atoms with Gasteiger partial charge in [0.2, 0.25) is 0 Å². The molecule has 18 heavy (non-hydrogen) atoms. The van der Waals surface area contributed by atoms with Crippen molar-refractivity contribution in [3.05, 3.63) is 71.8 Å². The average molecular weight is 258 g/mol. The fraction of sp³-hybridized carbons (Fsp3) is 0.294. The summed E-state index contributed by atoms with van der Waals surface area (Å²) in [6, 6.07) is 21.9. The molecular weight excluding hydrogens is 235 g/mol. The van der Waals surface area contributed by atoms with E-state index in [1.807, 2.05) is 0 Å². The van der Waals surface area contributed by atoms with Crippen LogP contribution in [0.25, 0.3) is 0 Å². The Kier molecular flexibility index (Phi) is 4.55. The van der Waals surface area contributed by atoms with Gasteiger partial charge in [-0.25, -0.2) is 0 Å². The first-order chi connectivity index (χ1) is 8.72. The zero-order chi connectivity index (χ0) is 12.8. The van der Waals surface area contributed by atoms with Crippen molar-refractivity contribution in [3.63, 3.8) is 0 Å². The van der Waals surface area contributed by atoms with E-state index in [9.17, 15) is 0 Å². The number of hydrogen-bond acceptors (Lipinski definition) is 0. The number of rotatable bonds is 5. The van der Waals surface area contributed by atoms with Crippen molar-refractivity contribution >= 4 is 7.26 Å². The summed E-state index contributed by atoms with van der Waals surface area (Å²) in [5, 5.41) is 0. The van der Waals surface area contributed by atoms with Crippen LogP contribution in [0.15, 0.2) is 60.7 Å². The van der Waals surface area contributed by atoms with E-state index in [-0.39, 0.29) is 0 Å². The van der Waals surface area contributed by atoms with Crippen LogP contribution >= 0.6 is 7.26 Å². The van der Waals surface area contributed by atoms with E-state index in [2.05, 4.69) is 74.3 Å². The fourth-order valence-electron chi connectivity index (χ4n) is 2.49. The van der Waals surface area contributed by atoms with Gasteiger partial charge in [-0.3, -0.25) is 0 Å². The molecule has 0 atom stereocenters. The first-order valence-electron chi connectivity index (χ1n) is 6.80. The third-order valence-corrected chi connectivity index (χ3v) is 8.03. The summed E-state index contributed by atoms with van der Waals surface area (Å²) in [7, 11) is -1.21. The molecule has 0 amide bonds. The first-order valence-corrected chi connectivity index (χ1v) is 9.92. The molecule has 2 aromatic carbocycles. The van der Waals surface area contributed by atoms with Crippen molar-refractivity contribution in [1.29, 1.82) is 0 Å². The molecule has 1 heteroatoms. The van der Waals surface area contributed by atoms with Gasteiger partial charge in [0.15, 0.2) is 0 Å². The maximum atomic E-state index is 2.53. The molecule has 0 bridgehead atoms. The zero-order valence-corrected chi connectivity index (χ0v) is 12.4. The normalized spacial score (nSPS) is 12.3. The minimum atomic E-state index is -1.21. The molecule has 0 nitrogen and oxygen atoms in total. The Morgan fingerprint density at radius 2 is 1.11 bits per heavy atom. The van der Waals surface area contributed by atoms with Crippen LogP contribution < -0.4 is 0 Å². The van der Waals surface area contributed by atoms with Gasteiger partial charge in [-0.1, -0.05) is 0 Å².